The van der Waals surface area contributed by atoms with Crippen molar-refractivity contribution in [2.24, 2.45) is 0 Å². The van der Waals surface area contributed by atoms with Crippen LogP contribution in [-0.4, -0.2) is 33.8 Å². The van der Waals surface area contributed by atoms with Crippen LogP contribution in [0.25, 0.3) is 11.5 Å². The SMILES string of the molecule is CCCc1nc(-c2ccc(OC)nn2)nc(NCC)c1I. The number of halogens is 1. The van der Waals surface area contributed by atoms with E-state index in [1.165, 1.54) is 0 Å². The Morgan fingerprint density at radius 1 is 1.19 bits per heavy atom. The minimum atomic E-state index is 0.477. The average Bonchev–Trinajstić information content (AvgIpc) is 2.51. The van der Waals surface area contributed by atoms with Crippen LogP contribution in [0.4, 0.5) is 5.82 Å². The van der Waals surface area contributed by atoms with Gasteiger partial charge in [0.15, 0.2) is 5.82 Å². The standard InChI is InChI=1S/C14H18IN5O/c1-4-6-9-12(15)14(16-5-2)18-13(17-9)10-7-8-11(21-3)20-19-10/h7-8H,4-6H2,1-3H3,(H,16,17,18). The lowest BCUT2D eigenvalue weighted by Gasteiger charge is -2.11. The molecule has 0 radical (unpaired) electrons. The van der Waals surface area contributed by atoms with Gasteiger partial charge < -0.3 is 10.1 Å². The Morgan fingerprint density at radius 3 is 2.57 bits per heavy atom. The van der Waals surface area contributed by atoms with Gasteiger partial charge in [0.1, 0.15) is 11.5 Å². The summed E-state index contributed by atoms with van der Waals surface area (Å²) in [5.41, 5.74) is 1.68. The molecular formula is C14H18IN5O. The van der Waals surface area contributed by atoms with E-state index in [4.69, 9.17) is 4.74 Å². The van der Waals surface area contributed by atoms with E-state index < -0.39 is 0 Å². The van der Waals surface area contributed by atoms with Crippen LogP contribution in [0.5, 0.6) is 5.88 Å². The van der Waals surface area contributed by atoms with Crippen LogP contribution in [0.2, 0.25) is 0 Å². The quantitative estimate of drug-likeness (QED) is 0.754. The summed E-state index contributed by atoms with van der Waals surface area (Å²) in [4.78, 5) is 9.19. The summed E-state index contributed by atoms with van der Waals surface area (Å²) in [5.74, 6) is 1.92. The number of ether oxygens (including phenoxy) is 1. The smallest absolute Gasteiger partial charge is 0.233 e. The van der Waals surface area contributed by atoms with Crippen molar-refractivity contribution in [1.82, 2.24) is 20.2 Å². The molecule has 0 aliphatic rings. The minimum Gasteiger partial charge on any atom is -0.480 e. The predicted molar refractivity (Wildman–Crippen MR) is 90.5 cm³/mol. The van der Waals surface area contributed by atoms with Crippen molar-refractivity contribution in [3.63, 3.8) is 0 Å². The van der Waals surface area contributed by atoms with Gasteiger partial charge in [0, 0.05) is 12.6 Å². The van der Waals surface area contributed by atoms with Gasteiger partial charge in [-0.25, -0.2) is 9.97 Å². The fraction of sp³-hybridized carbons (Fsp3) is 0.429. The molecule has 0 saturated heterocycles. The maximum Gasteiger partial charge on any atom is 0.233 e. The van der Waals surface area contributed by atoms with E-state index in [1.54, 1.807) is 13.2 Å². The van der Waals surface area contributed by atoms with Crippen LogP contribution in [0, 0.1) is 3.57 Å². The summed E-state index contributed by atoms with van der Waals surface area (Å²) in [6.07, 6.45) is 1.95. The molecule has 2 aromatic heterocycles. The second kappa shape index (κ2) is 7.48. The van der Waals surface area contributed by atoms with Crippen LogP contribution in [0.3, 0.4) is 0 Å². The predicted octanol–water partition coefficient (Wildman–Crippen LogP) is 2.93. The minimum absolute atomic E-state index is 0.477. The lowest BCUT2D eigenvalue weighted by atomic mass is 10.2. The topological polar surface area (TPSA) is 72.8 Å². The van der Waals surface area contributed by atoms with Crippen LogP contribution < -0.4 is 10.1 Å². The highest BCUT2D eigenvalue weighted by Gasteiger charge is 2.13. The number of rotatable bonds is 6. The molecule has 0 amide bonds. The number of aryl methyl sites for hydroxylation is 1. The molecule has 21 heavy (non-hydrogen) atoms. The number of aromatic nitrogens is 4. The molecule has 0 saturated carbocycles. The van der Waals surface area contributed by atoms with E-state index in [0.717, 1.165) is 34.5 Å². The Hall–Kier alpha value is -1.51. The lowest BCUT2D eigenvalue weighted by molar-refractivity contribution is 0.392. The van der Waals surface area contributed by atoms with E-state index in [0.29, 0.717) is 17.4 Å². The molecule has 1 N–H and O–H groups in total. The molecule has 0 aromatic carbocycles. The number of hydrogen-bond acceptors (Lipinski definition) is 6. The fourth-order valence-corrected chi connectivity index (χ4v) is 2.54. The fourth-order valence-electron chi connectivity index (χ4n) is 1.84. The molecule has 2 heterocycles. The van der Waals surface area contributed by atoms with Crippen molar-refractivity contribution >= 4 is 28.4 Å². The van der Waals surface area contributed by atoms with Gasteiger partial charge in [-0.2, -0.15) is 0 Å². The molecule has 0 unspecified atom stereocenters. The Balaban J connectivity index is 2.45. The number of methoxy groups -OCH3 is 1. The van der Waals surface area contributed by atoms with Crippen molar-refractivity contribution in [2.45, 2.75) is 26.7 Å². The van der Waals surface area contributed by atoms with Crippen molar-refractivity contribution in [3.8, 4) is 17.4 Å². The van der Waals surface area contributed by atoms with E-state index >= 15 is 0 Å². The number of nitrogens with one attached hydrogen (secondary N) is 1. The van der Waals surface area contributed by atoms with Crippen molar-refractivity contribution in [2.75, 3.05) is 19.0 Å². The third-order valence-corrected chi connectivity index (χ3v) is 3.96. The highest BCUT2D eigenvalue weighted by molar-refractivity contribution is 14.1. The molecule has 0 aliphatic heterocycles. The van der Waals surface area contributed by atoms with Crippen molar-refractivity contribution in [3.05, 3.63) is 21.4 Å². The molecule has 0 atom stereocenters. The van der Waals surface area contributed by atoms with Gasteiger partial charge in [-0.15, -0.1) is 10.2 Å². The van der Waals surface area contributed by atoms with Crippen LogP contribution in [-0.2, 0) is 6.42 Å². The summed E-state index contributed by atoms with van der Waals surface area (Å²) in [6, 6.07) is 3.58. The molecule has 0 bridgehead atoms. The van der Waals surface area contributed by atoms with Gasteiger partial charge in [-0.05, 0) is 42.0 Å². The number of anilines is 1. The van der Waals surface area contributed by atoms with Gasteiger partial charge in [0.25, 0.3) is 0 Å². The molecule has 6 nitrogen and oxygen atoms in total. The Morgan fingerprint density at radius 2 is 2.00 bits per heavy atom. The Kier molecular flexibility index (Phi) is 5.66. The van der Waals surface area contributed by atoms with E-state index in [9.17, 15) is 0 Å². The molecule has 0 fully saturated rings. The molecule has 2 aromatic rings. The molecule has 0 aliphatic carbocycles. The van der Waals surface area contributed by atoms with E-state index in [-0.39, 0.29) is 0 Å². The first-order chi connectivity index (χ1) is 10.2. The van der Waals surface area contributed by atoms with Crippen molar-refractivity contribution in [1.29, 1.82) is 0 Å². The number of hydrogen-bond donors (Lipinski definition) is 1. The molecule has 112 valence electrons. The lowest BCUT2D eigenvalue weighted by Crippen LogP contribution is -2.08. The maximum atomic E-state index is 5.02. The van der Waals surface area contributed by atoms with Crippen LogP contribution in [0.1, 0.15) is 26.0 Å². The average molecular weight is 399 g/mol. The number of nitrogens with zero attached hydrogens (tertiary/aromatic N) is 4. The van der Waals surface area contributed by atoms with Gasteiger partial charge >= 0.3 is 0 Å². The third kappa shape index (κ3) is 3.78. The van der Waals surface area contributed by atoms with Gasteiger partial charge in [0.05, 0.1) is 16.4 Å². The first-order valence-electron chi connectivity index (χ1n) is 6.87. The Labute approximate surface area is 137 Å². The zero-order chi connectivity index (χ0) is 15.2. The maximum absolute atomic E-state index is 5.02. The Bertz CT molecular complexity index is 576. The molecule has 2 rings (SSSR count). The highest BCUT2D eigenvalue weighted by Crippen LogP contribution is 2.24. The van der Waals surface area contributed by atoms with Crippen molar-refractivity contribution < 1.29 is 4.74 Å². The summed E-state index contributed by atoms with van der Waals surface area (Å²) in [5, 5.41) is 11.4. The van der Waals surface area contributed by atoms with Crippen LogP contribution in [0.15, 0.2) is 12.1 Å². The zero-order valence-corrected chi connectivity index (χ0v) is 14.5. The first kappa shape index (κ1) is 15.9. The molecule has 0 spiro atoms. The summed E-state index contributed by atoms with van der Waals surface area (Å²) in [7, 11) is 1.56. The summed E-state index contributed by atoms with van der Waals surface area (Å²) < 4.78 is 6.09. The molecular weight excluding hydrogens is 381 g/mol. The summed E-state index contributed by atoms with van der Waals surface area (Å²) in [6.45, 7) is 4.99. The largest absolute Gasteiger partial charge is 0.480 e. The second-order valence-corrected chi connectivity index (χ2v) is 5.48. The normalized spacial score (nSPS) is 10.5. The van der Waals surface area contributed by atoms with E-state index in [2.05, 4.69) is 55.0 Å². The van der Waals surface area contributed by atoms with Crippen LogP contribution >= 0.6 is 22.6 Å². The second-order valence-electron chi connectivity index (χ2n) is 4.40. The first-order valence-corrected chi connectivity index (χ1v) is 7.95. The molecule has 7 heteroatoms. The third-order valence-electron chi connectivity index (χ3n) is 2.83. The monoisotopic (exact) mass is 399 g/mol. The van der Waals surface area contributed by atoms with Gasteiger partial charge in [-0.1, -0.05) is 13.3 Å². The van der Waals surface area contributed by atoms with E-state index in [1.807, 2.05) is 13.0 Å². The van der Waals surface area contributed by atoms with Gasteiger partial charge in [-0.3, -0.25) is 0 Å². The summed E-state index contributed by atoms with van der Waals surface area (Å²) >= 11 is 2.29. The van der Waals surface area contributed by atoms with Gasteiger partial charge in [0.2, 0.25) is 5.88 Å². The zero-order valence-electron chi connectivity index (χ0n) is 12.4. The highest BCUT2D eigenvalue weighted by atomic mass is 127.